The van der Waals surface area contributed by atoms with Crippen LogP contribution in [-0.2, 0) is 43.1 Å². The molecule has 0 saturated heterocycles. The molecule has 300 valence electrons. The largest absolute Gasteiger partial charge is 0.444 e. The summed E-state index contributed by atoms with van der Waals surface area (Å²) in [5.74, 6) is -1.13. The third-order valence-corrected chi connectivity index (χ3v) is 7.85. The number of ether oxygens (including phenoxy) is 3. The average molecular weight is 802 g/mol. The van der Waals surface area contributed by atoms with E-state index >= 15 is 0 Å². The van der Waals surface area contributed by atoms with Gasteiger partial charge in [-0.2, -0.15) is 9.59 Å². The molecule has 2 N–H and O–H groups in total. The zero-order chi connectivity index (χ0) is 42.2. The van der Waals surface area contributed by atoms with Crippen LogP contribution in [0.4, 0.5) is 19.7 Å². The second kappa shape index (κ2) is 21.2. The first-order valence-electron chi connectivity index (χ1n) is 17.8. The molecule has 1 atom stereocenters. The number of nitrogens with one attached hydrogen (secondary N) is 2. The van der Waals surface area contributed by atoms with E-state index in [2.05, 4.69) is 15.6 Å². The topological polar surface area (TPSA) is 167 Å². The number of carbonyl (C=O) groups excluding carboxylic acids is 6. The molecule has 0 radical (unpaired) electrons. The van der Waals surface area contributed by atoms with Crippen molar-refractivity contribution in [1.29, 1.82) is 0 Å². The van der Waals surface area contributed by atoms with E-state index in [1.165, 1.54) is 42.5 Å². The van der Waals surface area contributed by atoms with Crippen LogP contribution in [0.5, 0.6) is 5.75 Å². The van der Waals surface area contributed by atoms with E-state index in [4.69, 9.17) is 35.4 Å². The Morgan fingerprint density at radius 2 is 1.32 bits per heavy atom. The first kappa shape index (κ1) is 45.2. The van der Waals surface area contributed by atoms with E-state index in [-0.39, 0.29) is 64.5 Å². The van der Waals surface area contributed by atoms with Crippen LogP contribution in [-0.4, -0.2) is 47.3 Å². The van der Waals surface area contributed by atoms with Gasteiger partial charge in [-0.1, -0.05) is 60.1 Å². The Bertz CT molecular complexity index is 2040. The van der Waals surface area contributed by atoms with Gasteiger partial charge in [0.15, 0.2) is 0 Å². The highest BCUT2D eigenvalue weighted by Gasteiger charge is 2.22. The van der Waals surface area contributed by atoms with E-state index in [1.54, 1.807) is 59.7 Å². The molecule has 0 heterocycles. The fourth-order valence-electron chi connectivity index (χ4n) is 5.36. The third-order valence-electron chi connectivity index (χ3n) is 7.50. The number of benzene rings is 4. The van der Waals surface area contributed by atoms with E-state index in [1.807, 2.05) is 36.4 Å². The molecule has 0 bridgehead atoms. The highest BCUT2D eigenvalue weighted by Crippen LogP contribution is 2.26. The number of alkyl carbamates (subject to hydrolysis) is 2. The molecular weight excluding hydrogens is 757 g/mol. The number of rotatable bonds is 11. The van der Waals surface area contributed by atoms with Crippen LogP contribution in [0.25, 0.3) is 0 Å². The predicted octanol–water partition coefficient (Wildman–Crippen LogP) is 8.76. The maximum atomic E-state index is 13.9. The molecule has 57 heavy (non-hydrogen) atoms. The number of Topliss-reactive ketones (excluding diaryl/α,β-unsaturated/α-hetero) is 1. The molecule has 0 aromatic heterocycles. The molecule has 2 amide bonds. The van der Waals surface area contributed by atoms with Crippen LogP contribution < -0.4 is 15.4 Å². The number of hydrogen-bond donors (Lipinski definition) is 2. The van der Waals surface area contributed by atoms with Gasteiger partial charge in [0, 0.05) is 17.9 Å². The van der Waals surface area contributed by atoms with Crippen molar-refractivity contribution in [1.82, 2.24) is 10.6 Å². The first-order chi connectivity index (χ1) is 26.8. The molecule has 4 aromatic carbocycles. The lowest BCUT2D eigenvalue weighted by Gasteiger charge is -2.22. The SMILES string of the molecule is CC(C)(C)OC(=O)NC(=Nc1ccc(C(=O)Oc2ccc(CC(=O)C[C@H](Cc3ccccc3)Cc3cccc(F)c3)c(Cl)c2)cc1)NC(=O)OC(C)(C)C.O=C=O. The van der Waals surface area contributed by atoms with Crippen molar-refractivity contribution in [3.05, 3.63) is 130 Å². The van der Waals surface area contributed by atoms with Crippen molar-refractivity contribution in [2.75, 3.05) is 0 Å². The minimum absolute atomic E-state index is 0.0209. The lowest BCUT2D eigenvalue weighted by atomic mass is 9.87. The van der Waals surface area contributed by atoms with Crippen LogP contribution in [0.3, 0.4) is 0 Å². The van der Waals surface area contributed by atoms with Gasteiger partial charge >= 0.3 is 24.3 Å². The number of nitrogens with zero attached hydrogens (tertiary/aromatic N) is 1. The lowest BCUT2D eigenvalue weighted by Crippen LogP contribution is -2.47. The summed E-state index contributed by atoms with van der Waals surface area (Å²) in [7, 11) is 0. The molecule has 0 aliphatic carbocycles. The molecule has 0 saturated carbocycles. The molecule has 14 heteroatoms. The molecule has 12 nitrogen and oxygen atoms in total. The van der Waals surface area contributed by atoms with E-state index in [0.717, 1.165) is 11.1 Å². The minimum Gasteiger partial charge on any atom is -0.444 e. The molecule has 0 fully saturated rings. The number of carbonyl (C=O) groups is 4. The number of hydrogen-bond acceptors (Lipinski definition) is 10. The van der Waals surface area contributed by atoms with E-state index in [9.17, 15) is 23.6 Å². The van der Waals surface area contributed by atoms with Crippen LogP contribution in [0, 0.1) is 11.7 Å². The van der Waals surface area contributed by atoms with Crippen LogP contribution >= 0.6 is 11.6 Å². The van der Waals surface area contributed by atoms with Crippen molar-refractivity contribution in [2.24, 2.45) is 10.9 Å². The number of amides is 2. The summed E-state index contributed by atoms with van der Waals surface area (Å²) < 4.78 is 30.0. The normalized spacial score (nSPS) is 11.4. The number of aliphatic imine (C=N–C) groups is 1. The van der Waals surface area contributed by atoms with Gasteiger partial charge in [0.2, 0.25) is 5.96 Å². The van der Waals surface area contributed by atoms with Crippen LogP contribution in [0.15, 0.2) is 102 Å². The van der Waals surface area contributed by atoms with Gasteiger partial charge in [-0.25, -0.2) is 23.8 Å². The molecule has 0 aliphatic heterocycles. The quantitative estimate of drug-likeness (QED) is 0.0653. The minimum atomic E-state index is -0.848. The fourth-order valence-corrected chi connectivity index (χ4v) is 5.59. The van der Waals surface area contributed by atoms with Gasteiger partial charge in [0.05, 0.1) is 11.3 Å². The Kier molecular flexibility index (Phi) is 16.8. The lowest BCUT2D eigenvalue weighted by molar-refractivity contribution is -0.191. The van der Waals surface area contributed by atoms with Crippen molar-refractivity contribution in [2.45, 2.75) is 78.4 Å². The van der Waals surface area contributed by atoms with Crippen molar-refractivity contribution >= 4 is 53.3 Å². The second-order valence-electron chi connectivity index (χ2n) is 14.8. The van der Waals surface area contributed by atoms with Crippen molar-refractivity contribution in [3.8, 4) is 5.75 Å². The van der Waals surface area contributed by atoms with E-state index in [0.29, 0.717) is 18.4 Å². The Labute approximate surface area is 335 Å². The summed E-state index contributed by atoms with van der Waals surface area (Å²) in [5.41, 5.74) is 1.37. The molecule has 0 unspecified atom stereocenters. The van der Waals surface area contributed by atoms with Crippen molar-refractivity contribution < 1.29 is 47.4 Å². The number of esters is 1. The molecule has 4 aromatic rings. The van der Waals surface area contributed by atoms with E-state index < -0.39 is 29.4 Å². The summed E-state index contributed by atoms with van der Waals surface area (Å²) in [6.45, 7) is 10.1. The maximum Gasteiger partial charge on any atom is 0.414 e. The molecule has 0 aliphatic rings. The Hall–Kier alpha value is -6.17. The molecule has 4 rings (SSSR count). The third kappa shape index (κ3) is 17.4. The fraction of sp³-hybridized carbons (Fsp3) is 0.302. The van der Waals surface area contributed by atoms with Gasteiger partial charge in [-0.15, -0.1) is 0 Å². The predicted molar refractivity (Wildman–Crippen MR) is 211 cm³/mol. The summed E-state index contributed by atoms with van der Waals surface area (Å²) >= 11 is 6.55. The van der Waals surface area contributed by atoms with Gasteiger partial charge in [0.25, 0.3) is 0 Å². The number of halogens is 2. The maximum absolute atomic E-state index is 13.9. The smallest absolute Gasteiger partial charge is 0.414 e. The molecule has 0 spiro atoms. The van der Waals surface area contributed by atoms with Crippen molar-refractivity contribution in [3.63, 3.8) is 0 Å². The second-order valence-corrected chi connectivity index (χ2v) is 15.2. The molecular formula is C43H45ClFN3O9. The van der Waals surface area contributed by atoms with Gasteiger partial charge in [0.1, 0.15) is 28.6 Å². The Morgan fingerprint density at radius 3 is 1.86 bits per heavy atom. The Morgan fingerprint density at radius 1 is 0.754 bits per heavy atom. The summed E-state index contributed by atoms with van der Waals surface area (Å²) in [6.07, 6.45) is 0.109. The highest BCUT2D eigenvalue weighted by molar-refractivity contribution is 6.31. The number of guanidine groups is 1. The zero-order valence-corrected chi connectivity index (χ0v) is 33.3. The van der Waals surface area contributed by atoms with Crippen LogP contribution in [0.1, 0.15) is 75.0 Å². The van der Waals surface area contributed by atoms with Gasteiger partial charge < -0.3 is 14.2 Å². The first-order valence-corrected chi connectivity index (χ1v) is 18.2. The Balaban J connectivity index is 0.00000281. The standard InChI is InChI=1S/C42H45ClFN3O7.CO2/c1-41(2,3)53-39(50)46-38(47-40(51)54-42(4,5)6)45-33-18-15-30(16-19-33)37(49)52-35-20-17-31(36(43)26-35)25-34(48)24-29(21-27-11-8-7-9-12-27)22-28-13-10-14-32(44)23-28;2-1-3/h7-20,23,26,29H,21-22,24-25H2,1-6H3,(H2,45,46,47,50,51);/t29-;/m1./s1. The van der Waals surface area contributed by atoms with Crippen LogP contribution in [0.2, 0.25) is 5.02 Å². The van der Waals surface area contributed by atoms with Gasteiger partial charge in [-0.3, -0.25) is 15.4 Å². The zero-order valence-electron chi connectivity index (χ0n) is 32.5. The summed E-state index contributed by atoms with van der Waals surface area (Å²) in [4.78, 5) is 71.6. The summed E-state index contributed by atoms with van der Waals surface area (Å²) in [5, 5.41) is 5.07. The average Bonchev–Trinajstić information content (AvgIpc) is 3.09. The summed E-state index contributed by atoms with van der Waals surface area (Å²) in [6, 6.07) is 26.9. The monoisotopic (exact) mass is 801 g/mol. The highest BCUT2D eigenvalue weighted by atomic mass is 35.5. The number of ketones is 1. The van der Waals surface area contributed by atoms with Gasteiger partial charge in [-0.05, 0) is 126 Å².